The van der Waals surface area contributed by atoms with Crippen LogP contribution in [0.15, 0.2) is 18.2 Å². The number of nitriles is 1. The lowest BCUT2D eigenvalue weighted by molar-refractivity contribution is -0.385. The van der Waals surface area contributed by atoms with Crippen LogP contribution in [0.25, 0.3) is 0 Å². The van der Waals surface area contributed by atoms with Crippen molar-refractivity contribution in [2.24, 2.45) is 0 Å². The highest BCUT2D eigenvalue weighted by Crippen LogP contribution is 2.24. The summed E-state index contributed by atoms with van der Waals surface area (Å²) in [6, 6.07) is 6.73. The number of hydrogen-bond donors (Lipinski definition) is 0. The van der Waals surface area contributed by atoms with Crippen molar-refractivity contribution in [3.8, 4) is 6.07 Å². The third-order valence-electron chi connectivity index (χ3n) is 2.63. The van der Waals surface area contributed by atoms with Crippen LogP contribution in [0, 0.1) is 21.4 Å². The Bertz CT molecular complexity index is 471. The minimum atomic E-state index is -0.431. The van der Waals surface area contributed by atoms with Gasteiger partial charge in [0, 0.05) is 36.2 Å². The molecular weight excluding hydrogens is 254 g/mol. The van der Waals surface area contributed by atoms with Gasteiger partial charge in [-0.2, -0.15) is 5.26 Å². The van der Waals surface area contributed by atoms with Crippen molar-refractivity contribution < 1.29 is 4.92 Å². The normalized spacial score (nSPS) is 10.3. The van der Waals surface area contributed by atoms with Gasteiger partial charge in [0.05, 0.1) is 11.0 Å². The molecule has 6 heteroatoms. The molecule has 1 rings (SSSR count). The fourth-order valence-corrected chi connectivity index (χ4v) is 1.80. The topological polar surface area (TPSA) is 70.2 Å². The minimum absolute atomic E-state index is 0.0258. The van der Waals surface area contributed by atoms with Crippen molar-refractivity contribution in [3.63, 3.8) is 0 Å². The quantitative estimate of drug-likeness (QED) is 0.587. The van der Waals surface area contributed by atoms with Crippen LogP contribution in [0.1, 0.15) is 18.9 Å². The van der Waals surface area contributed by atoms with Crippen LogP contribution in [-0.4, -0.2) is 22.9 Å². The SMILES string of the molecule is CCN(CCC#N)Cc1ccc(Cl)cc1[N+](=O)[O-]. The van der Waals surface area contributed by atoms with Crippen molar-refractivity contribution in [1.29, 1.82) is 5.26 Å². The van der Waals surface area contributed by atoms with Gasteiger partial charge >= 0.3 is 0 Å². The fraction of sp³-hybridized carbons (Fsp3) is 0.417. The summed E-state index contributed by atoms with van der Waals surface area (Å²) < 4.78 is 0. The molecule has 0 atom stereocenters. The van der Waals surface area contributed by atoms with E-state index in [9.17, 15) is 10.1 Å². The molecule has 0 fully saturated rings. The number of hydrogen-bond acceptors (Lipinski definition) is 4. The average molecular weight is 268 g/mol. The molecule has 0 aliphatic carbocycles. The van der Waals surface area contributed by atoms with E-state index in [4.69, 9.17) is 16.9 Å². The summed E-state index contributed by atoms with van der Waals surface area (Å²) in [5.74, 6) is 0. The Hall–Kier alpha value is -1.64. The zero-order chi connectivity index (χ0) is 13.5. The first-order valence-electron chi connectivity index (χ1n) is 5.60. The molecule has 0 spiro atoms. The third-order valence-corrected chi connectivity index (χ3v) is 2.86. The predicted octanol–water partition coefficient (Wildman–Crippen LogP) is 2.98. The Labute approximate surface area is 111 Å². The molecule has 96 valence electrons. The van der Waals surface area contributed by atoms with E-state index in [-0.39, 0.29) is 5.69 Å². The first-order valence-corrected chi connectivity index (χ1v) is 5.98. The lowest BCUT2D eigenvalue weighted by atomic mass is 10.1. The first kappa shape index (κ1) is 14.4. The Morgan fingerprint density at radius 3 is 2.83 bits per heavy atom. The molecular formula is C12H14ClN3O2. The molecule has 18 heavy (non-hydrogen) atoms. The van der Waals surface area contributed by atoms with Crippen LogP contribution in [-0.2, 0) is 6.54 Å². The summed E-state index contributed by atoms with van der Waals surface area (Å²) in [5.41, 5.74) is 0.641. The van der Waals surface area contributed by atoms with Crippen molar-refractivity contribution in [2.45, 2.75) is 19.9 Å². The van der Waals surface area contributed by atoms with E-state index in [1.165, 1.54) is 6.07 Å². The number of halogens is 1. The highest BCUT2D eigenvalue weighted by molar-refractivity contribution is 6.30. The Morgan fingerprint density at radius 2 is 2.28 bits per heavy atom. The van der Waals surface area contributed by atoms with E-state index >= 15 is 0 Å². The average Bonchev–Trinajstić information content (AvgIpc) is 2.35. The maximum Gasteiger partial charge on any atom is 0.275 e. The maximum atomic E-state index is 10.9. The summed E-state index contributed by atoms with van der Waals surface area (Å²) in [7, 11) is 0. The van der Waals surface area contributed by atoms with Gasteiger partial charge in [-0.25, -0.2) is 0 Å². The van der Waals surface area contributed by atoms with Crippen LogP contribution < -0.4 is 0 Å². The summed E-state index contributed by atoms with van der Waals surface area (Å²) >= 11 is 5.75. The van der Waals surface area contributed by atoms with Gasteiger partial charge in [-0.3, -0.25) is 15.0 Å². The third kappa shape index (κ3) is 3.99. The molecule has 5 nitrogen and oxygen atoms in total. The van der Waals surface area contributed by atoms with Gasteiger partial charge in [0.15, 0.2) is 0 Å². The van der Waals surface area contributed by atoms with Gasteiger partial charge < -0.3 is 0 Å². The molecule has 0 aliphatic rings. The largest absolute Gasteiger partial charge is 0.298 e. The summed E-state index contributed by atoms with van der Waals surface area (Å²) in [5, 5.41) is 19.8. The second-order valence-corrected chi connectivity index (χ2v) is 4.24. The Morgan fingerprint density at radius 1 is 1.56 bits per heavy atom. The maximum absolute atomic E-state index is 10.9. The number of rotatable bonds is 6. The van der Waals surface area contributed by atoms with Crippen molar-refractivity contribution >= 4 is 17.3 Å². The molecule has 0 aromatic heterocycles. The lowest BCUT2D eigenvalue weighted by Gasteiger charge is -2.18. The summed E-state index contributed by atoms with van der Waals surface area (Å²) in [6.07, 6.45) is 0.412. The predicted molar refractivity (Wildman–Crippen MR) is 69.3 cm³/mol. The number of nitrogens with zero attached hydrogens (tertiary/aromatic N) is 3. The smallest absolute Gasteiger partial charge is 0.275 e. The van der Waals surface area contributed by atoms with Gasteiger partial charge in [-0.05, 0) is 18.7 Å². The van der Waals surface area contributed by atoms with Crippen LogP contribution in [0.5, 0.6) is 0 Å². The molecule has 0 radical (unpaired) electrons. The van der Waals surface area contributed by atoms with Gasteiger partial charge in [0.1, 0.15) is 0 Å². The molecule has 0 amide bonds. The standard InChI is InChI=1S/C12H14ClN3O2/c1-2-15(7-3-6-14)9-10-4-5-11(13)8-12(10)16(17)18/h4-5,8H,2-3,7,9H2,1H3. The summed E-state index contributed by atoms with van der Waals surface area (Å²) in [6.45, 7) is 3.75. The second kappa shape index (κ2) is 6.94. The van der Waals surface area contributed by atoms with Crippen LogP contribution in [0.4, 0.5) is 5.69 Å². The molecule has 0 bridgehead atoms. The number of nitro groups is 1. The van der Waals surface area contributed by atoms with E-state index in [2.05, 4.69) is 6.07 Å². The highest BCUT2D eigenvalue weighted by Gasteiger charge is 2.16. The zero-order valence-corrected chi connectivity index (χ0v) is 10.9. The monoisotopic (exact) mass is 267 g/mol. The van der Waals surface area contributed by atoms with Crippen LogP contribution in [0.3, 0.4) is 0 Å². The van der Waals surface area contributed by atoms with E-state index in [1.54, 1.807) is 12.1 Å². The van der Waals surface area contributed by atoms with E-state index in [0.717, 1.165) is 6.54 Å². The molecule has 0 saturated carbocycles. The minimum Gasteiger partial charge on any atom is -0.298 e. The van der Waals surface area contributed by atoms with Crippen molar-refractivity contribution in [2.75, 3.05) is 13.1 Å². The van der Waals surface area contributed by atoms with Gasteiger partial charge in [-0.1, -0.05) is 18.5 Å². The number of benzene rings is 1. The Balaban J connectivity index is 2.88. The van der Waals surface area contributed by atoms with E-state index in [0.29, 0.717) is 30.1 Å². The molecule has 0 heterocycles. The van der Waals surface area contributed by atoms with Crippen molar-refractivity contribution in [1.82, 2.24) is 4.90 Å². The van der Waals surface area contributed by atoms with Gasteiger partial charge in [0.25, 0.3) is 5.69 Å². The van der Waals surface area contributed by atoms with E-state index in [1.807, 2.05) is 11.8 Å². The van der Waals surface area contributed by atoms with Gasteiger partial charge in [-0.15, -0.1) is 0 Å². The summed E-state index contributed by atoms with van der Waals surface area (Å²) in [4.78, 5) is 12.5. The van der Waals surface area contributed by atoms with E-state index < -0.39 is 4.92 Å². The fourth-order valence-electron chi connectivity index (χ4n) is 1.64. The van der Waals surface area contributed by atoms with Crippen molar-refractivity contribution in [3.05, 3.63) is 38.9 Å². The molecule has 1 aromatic carbocycles. The zero-order valence-electron chi connectivity index (χ0n) is 10.1. The molecule has 0 unspecified atom stereocenters. The number of nitro benzene ring substituents is 1. The van der Waals surface area contributed by atoms with Crippen LogP contribution in [0.2, 0.25) is 5.02 Å². The molecule has 0 aliphatic heterocycles. The Kier molecular flexibility index (Phi) is 5.56. The molecule has 0 saturated heterocycles. The van der Waals surface area contributed by atoms with Crippen LogP contribution >= 0.6 is 11.6 Å². The lowest BCUT2D eigenvalue weighted by Crippen LogP contribution is -2.24. The molecule has 0 N–H and O–H groups in total. The first-order chi connectivity index (χ1) is 8.58. The molecule has 1 aromatic rings. The van der Waals surface area contributed by atoms with Gasteiger partial charge in [0.2, 0.25) is 0 Å². The second-order valence-electron chi connectivity index (χ2n) is 3.81. The highest BCUT2D eigenvalue weighted by atomic mass is 35.5.